The monoisotopic (exact) mass is 379 g/mol. The van der Waals surface area contributed by atoms with E-state index < -0.39 is 9.84 Å². The number of halogens is 1. The number of amides is 1. The summed E-state index contributed by atoms with van der Waals surface area (Å²) in [6, 6.07) is 12.3. The number of hydrogen-bond acceptors (Lipinski definition) is 4. The first-order valence-corrected chi connectivity index (χ1v) is 10.1. The lowest BCUT2D eigenvalue weighted by Crippen LogP contribution is -2.36. The minimum atomic E-state index is -3.50. The van der Waals surface area contributed by atoms with E-state index in [4.69, 9.17) is 16.3 Å². The van der Waals surface area contributed by atoms with Crippen LogP contribution >= 0.6 is 11.6 Å². The zero-order chi connectivity index (χ0) is 18.0. The number of nitrogens with one attached hydrogen (secondary N) is 1. The SMILES string of the molecule is CS(=O)(=O)c1cc(C(=O)NC[C@@H]2Cc3ccccc3CO2)ccc1Cl. The number of benzene rings is 2. The van der Waals surface area contributed by atoms with Crippen LogP contribution in [0.4, 0.5) is 0 Å². The number of sulfone groups is 1. The van der Waals surface area contributed by atoms with Crippen LogP contribution in [-0.4, -0.2) is 33.2 Å². The molecule has 1 N–H and O–H groups in total. The molecule has 5 nitrogen and oxygen atoms in total. The summed E-state index contributed by atoms with van der Waals surface area (Å²) in [6.07, 6.45) is 1.68. The van der Waals surface area contributed by atoms with Crippen LogP contribution in [0.1, 0.15) is 21.5 Å². The maximum atomic E-state index is 12.3. The molecule has 0 aliphatic carbocycles. The quantitative estimate of drug-likeness (QED) is 0.886. The van der Waals surface area contributed by atoms with Crippen LogP contribution in [0, 0.1) is 0 Å². The van der Waals surface area contributed by atoms with Crippen LogP contribution in [0.3, 0.4) is 0 Å². The van der Waals surface area contributed by atoms with Crippen molar-refractivity contribution in [2.75, 3.05) is 12.8 Å². The maximum Gasteiger partial charge on any atom is 0.251 e. The number of rotatable bonds is 4. The highest BCUT2D eigenvalue weighted by Crippen LogP contribution is 2.23. The number of hydrogen-bond donors (Lipinski definition) is 1. The highest BCUT2D eigenvalue weighted by molar-refractivity contribution is 7.90. The van der Waals surface area contributed by atoms with Crippen molar-refractivity contribution in [1.82, 2.24) is 5.32 Å². The average Bonchev–Trinajstić information content (AvgIpc) is 2.59. The van der Waals surface area contributed by atoms with E-state index >= 15 is 0 Å². The van der Waals surface area contributed by atoms with E-state index in [1.54, 1.807) is 0 Å². The lowest BCUT2D eigenvalue weighted by Gasteiger charge is -2.25. The van der Waals surface area contributed by atoms with Crippen LogP contribution in [0.25, 0.3) is 0 Å². The van der Waals surface area contributed by atoms with Crippen molar-refractivity contribution in [3.63, 3.8) is 0 Å². The molecule has 0 spiro atoms. The molecule has 1 amide bonds. The van der Waals surface area contributed by atoms with Crippen LogP contribution < -0.4 is 5.32 Å². The van der Waals surface area contributed by atoms with Crippen LogP contribution in [-0.2, 0) is 27.6 Å². The Hall–Kier alpha value is -1.89. The maximum absolute atomic E-state index is 12.3. The van der Waals surface area contributed by atoms with Crippen LogP contribution in [0.5, 0.6) is 0 Å². The molecule has 7 heteroatoms. The standard InChI is InChI=1S/C18H18ClNO4S/c1-25(22,23)17-9-13(6-7-16(17)19)18(21)20-10-15-8-12-4-2-3-5-14(12)11-24-15/h2-7,9,15H,8,10-11H2,1H3,(H,20,21)/t15-/m0/s1. The fourth-order valence-corrected chi connectivity index (χ4v) is 4.08. The number of carbonyl (C=O) groups excluding carboxylic acids is 1. The zero-order valence-electron chi connectivity index (χ0n) is 13.7. The summed E-state index contributed by atoms with van der Waals surface area (Å²) in [5.41, 5.74) is 2.64. The second-order valence-electron chi connectivity index (χ2n) is 6.03. The summed E-state index contributed by atoms with van der Waals surface area (Å²) in [5.74, 6) is -0.357. The van der Waals surface area contributed by atoms with E-state index in [-0.39, 0.29) is 27.5 Å². The van der Waals surface area contributed by atoms with Gasteiger partial charge in [-0.25, -0.2) is 8.42 Å². The molecule has 2 aromatic rings. The largest absolute Gasteiger partial charge is 0.371 e. The fourth-order valence-electron chi connectivity index (χ4n) is 2.78. The van der Waals surface area contributed by atoms with Crippen LogP contribution in [0.15, 0.2) is 47.4 Å². The van der Waals surface area contributed by atoms with Gasteiger partial charge in [0.15, 0.2) is 9.84 Å². The van der Waals surface area contributed by atoms with E-state index in [9.17, 15) is 13.2 Å². The number of carbonyl (C=O) groups is 1. The first kappa shape index (κ1) is 17.9. The van der Waals surface area contributed by atoms with Crippen molar-refractivity contribution in [3.05, 3.63) is 64.2 Å². The minimum absolute atomic E-state index is 0.0512. The zero-order valence-corrected chi connectivity index (χ0v) is 15.2. The third-order valence-corrected chi connectivity index (χ3v) is 5.70. The highest BCUT2D eigenvalue weighted by Gasteiger charge is 2.20. The Morgan fingerprint density at radius 2 is 1.96 bits per heavy atom. The molecule has 132 valence electrons. The van der Waals surface area contributed by atoms with Gasteiger partial charge in [-0.3, -0.25) is 4.79 Å². The first-order chi connectivity index (χ1) is 11.8. The van der Waals surface area contributed by atoms with Crippen molar-refractivity contribution in [2.45, 2.75) is 24.0 Å². The lowest BCUT2D eigenvalue weighted by atomic mass is 9.99. The minimum Gasteiger partial charge on any atom is -0.371 e. The molecule has 1 aliphatic rings. The van der Waals surface area contributed by atoms with Gasteiger partial charge in [0.25, 0.3) is 5.91 Å². The normalized spacial score (nSPS) is 17.0. The van der Waals surface area contributed by atoms with E-state index in [2.05, 4.69) is 11.4 Å². The molecule has 0 saturated heterocycles. The third kappa shape index (κ3) is 4.21. The lowest BCUT2D eigenvalue weighted by molar-refractivity contribution is 0.0285. The molecule has 1 aliphatic heterocycles. The van der Waals surface area contributed by atoms with Gasteiger partial charge in [-0.2, -0.15) is 0 Å². The van der Waals surface area contributed by atoms with Crippen molar-refractivity contribution in [1.29, 1.82) is 0 Å². The Balaban J connectivity index is 1.66. The van der Waals surface area contributed by atoms with Gasteiger partial charge in [0, 0.05) is 24.8 Å². The summed E-state index contributed by atoms with van der Waals surface area (Å²) in [7, 11) is -3.50. The summed E-state index contributed by atoms with van der Waals surface area (Å²) < 4.78 is 29.2. The smallest absolute Gasteiger partial charge is 0.251 e. The second-order valence-corrected chi connectivity index (χ2v) is 8.42. The van der Waals surface area contributed by atoms with E-state index in [1.807, 2.05) is 18.2 Å². The van der Waals surface area contributed by atoms with Crippen molar-refractivity contribution >= 4 is 27.3 Å². The number of fused-ring (bicyclic) bond motifs is 1. The van der Waals surface area contributed by atoms with E-state index in [1.165, 1.54) is 29.3 Å². The van der Waals surface area contributed by atoms with Gasteiger partial charge < -0.3 is 10.1 Å². The molecule has 0 radical (unpaired) electrons. The predicted octanol–water partition coefficient (Wildman–Crippen LogP) is 2.61. The molecule has 25 heavy (non-hydrogen) atoms. The van der Waals surface area contributed by atoms with Crippen molar-refractivity contribution < 1.29 is 17.9 Å². The average molecular weight is 380 g/mol. The molecule has 0 bridgehead atoms. The van der Waals surface area contributed by atoms with Gasteiger partial charge in [-0.05, 0) is 29.3 Å². The fraction of sp³-hybridized carbons (Fsp3) is 0.278. The predicted molar refractivity (Wildman–Crippen MR) is 95.6 cm³/mol. The molecule has 0 fully saturated rings. The number of ether oxygens (including phenoxy) is 1. The van der Waals surface area contributed by atoms with Gasteiger partial charge in [0.1, 0.15) is 0 Å². The molecule has 0 unspecified atom stereocenters. The molecule has 0 saturated carbocycles. The Bertz CT molecular complexity index is 911. The molecule has 0 aromatic heterocycles. The summed E-state index contributed by atoms with van der Waals surface area (Å²) in [6.45, 7) is 0.875. The molecule has 1 atom stereocenters. The van der Waals surface area contributed by atoms with Gasteiger partial charge in [0.2, 0.25) is 0 Å². The van der Waals surface area contributed by atoms with Gasteiger partial charge in [-0.15, -0.1) is 0 Å². The molecule has 1 heterocycles. The Morgan fingerprint density at radius 3 is 2.68 bits per heavy atom. The van der Waals surface area contributed by atoms with E-state index in [0.29, 0.717) is 13.2 Å². The Kier molecular flexibility index (Phi) is 5.13. The Labute approximate surface area is 151 Å². The van der Waals surface area contributed by atoms with Gasteiger partial charge >= 0.3 is 0 Å². The van der Waals surface area contributed by atoms with Crippen molar-refractivity contribution in [3.8, 4) is 0 Å². The molecule has 2 aromatic carbocycles. The molecular weight excluding hydrogens is 362 g/mol. The van der Waals surface area contributed by atoms with Gasteiger partial charge in [0.05, 0.1) is 22.6 Å². The summed E-state index contributed by atoms with van der Waals surface area (Å²) in [5, 5.41) is 2.90. The molecular formula is C18H18ClNO4S. The second kappa shape index (κ2) is 7.15. The van der Waals surface area contributed by atoms with Gasteiger partial charge in [-0.1, -0.05) is 35.9 Å². The summed E-state index contributed by atoms with van der Waals surface area (Å²) in [4.78, 5) is 12.3. The first-order valence-electron chi connectivity index (χ1n) is 7.81. The third-order valence-electron chi connectivity index (χ3n) is 4.12. The Morgan fingerprint density at radius 1 is 1.24 bits per heavy atom. The summed E-state index contributed by atoms with van der Waals surface area (Å²) >= 11 is 5.90. The van der Waals surface area contributed by atoms with E-state index in [0.717, 1.165) is 12.7 Å². The van der Waals surface area contributed by atoms with Crippen molar-refractivity contribution in [2.24, 2.45) is 0 Å². The topological polar surface area (TPSA) is 72.5 Å². The molecule has 3 rings (SSSR count). The highest BCUT2D eigenvalue weighted by atomic mass is 35.5. The van der Waals surface area contributed by atoms with Crippen LogP contribution in [0.2, 0.25) is 5.02 Å².